The van der Waals surface area contributed by atoms with E-state index in [-0.39, 0.29) is 11.3 Å². The SMILES string of the molecule is CC(C)(C)OC(=O)NC(Cc1ccccc1)C(=O)N1CCc2c(ncnc2NC[C@H](O)C23CC4CC(CC(C4)C2)C3)C1. The molecule has 9 heteroatoms. The minimum atomic E-state index is -0.765. The molecule has 4 bridgehead atoms. The quantitative estimate of drug-likeness (QED) is 0.425. The number of aliphatic hydroxyl groups is 1. The van der Waals surface area contributed by atoms with Crippen LogP contribution in [0.2, 0.25) is 0 Å². The molecule has 4 aliphatic carbocycles. The predicted octanol–water partition coefficient (Wildman–Crippen LogP) is 4.49. The molecule has 0 radical (unpaired) electrons. The highest BCUT2D eigenvalue weighted by molar-refractivity contribution is 5.86. The van der Waals surface area contributed by atoms with Gasteiger partial charge in [-0.05, 0) is 94.4 Å². The summed E-state index contributed by atoms with van der Waals surface area (Å²) in [7, 11) is 0. The van der Waals surface area contributed by atoms with Crippen molar-refractivity contribution in [1.29, 1.82) is 0 Å². The van der Waals surface area contributed by atoms with Crippen LogP contribution in [0.1, 0.15) is 76.1 Å². The number of benzene rings is 1. The van der Waals surface area contributed by atoms with Gasteiger partial charge in [-0.2, -0.15) is 0 Å². The number of amides is 2. The zero-order valence-corrected chi connectivity index (χ0v) is 25.1. The number of aromatic nitrogens is 2. The first kappa shape index (κ1) is 28.9. The molecule has 3 N–H and O–H groups in total. The van der Waals surface area contributed by atoms with Gasteiger partial charge in [-0.25, -0.2) is 14.8 Å². The smallest absolute Gasteiger partial charge is 0.408 e. The molecule has 2 amide bonds. The fraction of sp³-hybridized carbons (Fsp3) is 0.636. The van der Waals surface area contributed by atoms with Gasteiger partial charge in [0.15, 0.2) is 0 Å². The number of hydrogen-bond acceptors (Lipinski definition) is 7. The number of alkyl carbamates (subject to hydrolysis) is 1. The van der Waals surface area contributed by atoms with Crippen LogP contribution >= 0.6 is 0 Å². The largest absolute Gasteiger partial charge is 0.444 e. The van der Waals surface area contributed by atoms with E-state index < -0.39 is 23.8 Å². The average molecular weight is 576 g/mol. The summed E-state index contributed by atoms with van der Waals surface area (Å²) >= 11 is 0. The Balaban J connectivity index is 1.12. The van der Waals surface area contributed by atoms with Gasteiger partial charge in [0.1, 0.15) is 23.8 Å². The molecular weight excluding hydrogens is 530 g/mol. The van der Waals surface area contributed by atoms with Crippen LogP contribution in [0.5, 0.6) is 0 Å². The van der Waals surface area contributed by atoms with Gasteiger partial charge in [-0.3, -0.25) is 4.79 Å². The molecule has 0 saturated heterocycles. The lowest BCUT2D eigenvalue weighted by Gasteiger charge is -2.58. The van der Waals surface area contributed by atoms with Gasteiger partial charge in [0.2, 0.25) is 5.91 Å². The molecule has 2 aromatic rings. The molecule has 4 fully saturated rings. The maximum absolute atomic E-state index is 13.8. The third kappa shape index (κ3) is 6.26. The number of rotatable bonds is 8. The van der Waals surface area contributed by atoms with Crippen molar-refractivity contribution in [3.63, 3.8) is 0 Å². The molecule has 7 rings (SSSR count). The summed E-state index contributed by atoms with van der Waals surface area (Å²) in [5.41, 5.74) is 2.13. The Morgan fingerprint density at radius 2 is 1.74 bits per heavy atom. The third-order valence-electron chi connectivity index (χ3n) is 9.85. The first-order valence-electron chi connectivity index (χ1n) is 15.6. The van der Waals surface area contributed by atoms with E-state index >= 15 is 0 Å². The summed E-state index contributed by atoms with van der Waals surface area (Å²) in [6.45, 7) is 6.72. The number of nitrogens with one attached hydrogen (secondary N) is 2. The normalized spacial score (nSPS) is 27.6. The van der Waals surface area contributed by atoms with E-state index in [4.69, 9.17) is 4.74 Å². The van der Waals surface area contributed by atoms with Crippen LogP contribution in [0.15, 0.2) is 36.7 Å². The molecule has 1 aliphatic heterocycles. The number of anilines is 1. The Bertz CT molecular complexity index is 1260. The van der Waals surface area contributed by atoms with Crippen molar-refractivity contribution in [1.82, 2.24) is 20.2 Å². The second kappa shape index (κ2) is 11.5. The van der Waals surface area contributed by atoms with E-state index in [0.717, 1.165) is 59.7 Å². The van der Waals surface area contributed by atoms with E-state index in [9.17, 15) is 14.7 Å². The monoisotopic (exact) mass is 575 g/mol. The third-order valence-corrected chi connectivity index (χ3v) is 9.85. The molecule has 226 valence electrons. The summed E-state index contributed by atoms with van der Waals surface area (Å²) in [6, 6.07) is 8.91. The van der Waals surface area contributed by atoms with Gasteiger partial charge in [-0.1, -0.05) is 30.3 Å². The maximum Gasteiger partial charge on any atom is 0.408 e. The number of fused-ring (bicyclic) bond motifs is 1. The van der Waals surface area contributed by atoms with E-state index in [1.807, 2.05) is 30.3 Å². The molecule has 0 spiro atoms. The molecule has 2 heterocycles. The van der Waals surface area contributed by atoms with Crippen LogP contribution in [0.4, 0.5) is 10.6 Å². The Morgan fingerprint density at radius 3 is 2.38 bits per heavy atom. The Hall–Kier alpha value is -3.20. The standard InChI is InChI=1S/C33H45N5O4/c1-32(2,3)42-31(41)37-26(14-21-7-5-4-6-8-21)30(40)38-10-9-25-27(19-38)35-20-36-29(25)34-18-28(39)33-15-22-11-23(16-33)13-24(12-22)17-33/h4-8,20,22-24,26,28,39H,9-19H2,1-3H3,(H,37,41)(H,34,35,36)/t22?,23?,24?,26?,28-,33?/m0/s1. The van der Waals surface area contributed by atoms with Crippen LogP contribution in [-0.4, -0.2) is 62.8 Å². The first-order chi connectivity index (χ1) is 20.1. The molecule has 42 heavy (non-hydrogen) atoms. The summed E-state index contributed by atoms with van der Waals surface area (Å²) in [6.07, 6.45) is 9.02. The van der Waals surface area contributed by atoms with Gasteiger partial charge in [0, 0.05) is 25.1 Å². The van der Waals surface area contributed by atoms with Gasteiger partial charge in [-0.15, -0.1) is 0 Å². The highest BCUT2D eigenvalue weighted by Gasteiger charge is 2.53. The van der Waals surface area contributed by atoms with E-state index in [2.05, 4.69) is 20.6 Å². The molecule has 9 nitrogen and oxygen atoms in total. The summed E-state index contributed by atoms with van der Waals surface area (Å²) < 4.78 is 5.47. The second-order valence-electron chi connectivity index (χ2n) is 14.2. The fourth-order valence-corrected chi connectivity index (χ4v) is 8.41. The van der Waals surface area contributed by atoms with Crippen LogP contribution in [0.3, 0.4) is 0 Å². The Kier molecular flexibility index (Phi) is 7.89. The van der Waals surface area contributed by atoms with E-state index in [1.165, 1.54) is 25.6 Å². The first-order valence-corrected chi connectivity index (χ1v) is 15.6. The van der Waals surface area contributed by atoms with Crippen LogP contribution in [-0.2, 0) is 28.9 Å². The lowest BCUT2D eigenvalue weighted by Crippen LogP contribution is -2.53. The number of ether oxygens (including phenoxy) is 1. The molecule has 4 saturated carbocycles. The van der Waals surface area contributed by atoms with E-state index in [0.29, 0.717) is 32.5 Å². The van der Waals surface area contributed by atoms with Crippen molar-refractivity contribution in [3.05, 3.63) is 53.5 Å². The minimum Gasteiger partial charge on any atom is -0.444 e. The average Bonchev–Trinajstić information content (AvgIpc) is 2.93. The summed E-state index contributed by atoms with van der Waals surface area (Å²) in [4.78, 5) is 37.3. The number of carbonyl (C=O) groups excluding carboxylic acids is 2. The summed E-state index contributed by atoms with van der Waals surface area (Å²) in [5, 5.41) is 17.7. The molecule has 2 atom stereocenters. The van der Waals surface area contributed by atoms with Crippen molar-refractivity contribution in [2.45, 2.75) is 96.4 Å². The highest BCUT2D eigenvalue weighted by atomic mass is 16.6. The molecule has 1 unspecified atom stereocenters. The Labute approximate surface area is 248 Å². The van der Waals surface area contributed by atoms with Crippen molar-refractivity contribution in [2.24, 2.45) is 23.2 Å². The number of hydrogen-bond donors (Lipinski definition) is 3. The van der Waals surface area contributed by atoms with Crippen molar-refractivity contribution < 1.29 is 19.4 Å². The topological polar surface area (TPSA) is 117 Å². The predicted molar refractivity (Wildman–Crippen MR) is 160 cm³/mol. The zero-order chi connectivity index (χ0) is 29.5. The van der Waals surface area contributed by atoms with Crippen LogP contribution in [0.25, 0.3) is 0 Å². The van der Waals surface area contributed by atoms with Gasteiger partial charge < -0.3 is 25.4 Å². The molecule has 1 aromatic carbocycles. The molecule has 5 aliphatic rings. The van der Waals surface area contributed by atoms with E-state index in [1.54, 1.807) is 25.7 Å². The Morgan fingerprint density at radius 1 is 1.07 bits per heavy atom. The summed E-state index contributed by atoms with van der Waals surface area (Å²) in [5.74, 6) is 2.95. The van der Waals surface area contributed by atoms with Crippen LogP contribution < -0.4 is 10.6 Å². The van der Waals surface area contributed by atoms with Gasteiger partial charge in [0.25, 0.3) is 0 Å². The molecular formula is C33H45N5O4. The van der Waals surface area contributed by atoms with Crippen molar-refractivity contribution >= 4 is 17.8 Å². The van der Waals surface area contributed by atoms with Crippen LogP contribution in [0, 0.1) is 23.2 Å². The lowest BCUT2D eigenvalue weighted by molar-refractivity contribution is -0.134. The maximum atomic E-state index is 13.8. The fourth-order valence-electron chi connectivity index (χ4n) is 8.41. The number of aliphatic hydroxyl groups excluding tert-OH is 1. The zero-order valence-electron chi connectivity index (χ0n) is 25.1. The number of carbonyl (C=O) groups is 2. The highest BCUT2D eigenvalue weighted by Crippen LogP contribution is 2.61. The van der Waals surface area contributed by atoms with Gasteiger partial charge >= 0.3 is 6.09 Å². The van der Waals surface area contributed by atoms with Gasteiger partial charge in [0.05, 0.1) is 18.3 Å². The lowest BCUT2D eigenvalue weighted by atomic mass is 9.48. The minimum absolute atomic E-state index is 0.0486. The number of nitrogens with zero attached hydrogens (tertiary/aromatic N) is 3. The van der Waals surface area contributed by atoms with Crippen molar-refractivity contribution in [3.8, 4) is 0 Å². The second-order valence-corrected chi connectivity index (χ2v) is 14.2. The van der Waals surface area contributed by atoms with Crippen molar-refractivity contribution in [2.75, 3.05) is 18.4 Å². The molecule has 1 aromatic heterocycles.